The fourth-order valence-corrected chi connectivity index (χ4v) is 3.89. The van der Waals surface area contributed by atoms with Crippen LogP contribution in [0.4, 0.5) is 0 Å². The first kappa shape index (κ1) is 19.4. The summed E-state index contributed by atoms with van der Waals surface area (Å²) in [6, 6.07) is 6.45. The monoisotopic (exact) mass is 372 g/mol. The number of benzene rings is 1. The minimum absolute atomic E-state index is 0.150. The molecule has 6 nitrogen and oxygen atoms in total. The van der Waals surface area contributed by atoms with Gasteiger partial charge in [-0.2, -0.15) is 0 Å². The predicted molar refractivity (Wildman–Crippen MR) is 101 cm³/mol. The van der Waals surface area contributed by atoms with Crippen LogP contribution in [0.2, 0.25) is 0 Å². The highest BCUT2D eigenvalue weighted by atomic mass is 16.6. The third kappa shape index (κ3) is 3.99. The van der Waals surface area contributed by atoms with E-state index in [4.69, 9.17) is 4.74 Å². The van der Waals surface area contributed by atoms with Gasteiger partial charge in [-0.3, -0.25) is 14.5 Å². The molecule has 27 heavy (non-hydrogen) atoms. The maximum Gasteiger partial charge on any atom is 0.340 e. The Bertz CT molecular complexity index is 718. The molecule has 1 saturated heterocycles. The molecule has 3 rings (SSSR count). The lowest BCUT2D eigenvalue weighted by molar-refractivity contribution is -0.145. The second-order valence-electron chi connectivity index (χ2n) is 7.36. The van der Waals surface area contributed by atoms with Gasteiger partial charge in [0.05, 0.1) is 5.56 Å². The van der Waals surface area contributed by atoms with Crippen LogP contribution in [0.5, 0.6) is 0 Å². The van der Waals surface area contributed by atoms with Crippen LogP contribution in [0, 0.1) is 5.92 Å². The van der Waals surface area contributed by atoms with Crippen LogP contribution in [0.3, 0.4) is 0 Å². The number of cyclic esters (lactones) is 1. The van der Waals surface area contributed by atoms with Crippen LogP contribution in [0.25, 0.3) is 0 Å². The summed E-state index contributed by atoms with van der Waals surface area (Å²) in [7, 11) is 0. The number of unbranched alkanes of at least 4 members (excludes halogenated alkanes) is 1. The fourth-order valence-electron chi connectivity index (χ4n) is 3.89. The SMILES string of the molecule is CCCCC(CC)CNC(=O)C1CCC(=O)N1C1OC(=O)c2ccccc21. The lowest BCUT2D eigenvalue weighted by atomic mass is 9.99. The molecule has 2 aliphatic rings. The number of ether oxygens (including phenoxy) is 1. The molecule has 0 aliphatic carbocycles. The van der Waals surface area contributed by atoms with Crippen molar-refractivity contribution < 1.29 is 19.1 Å². The van der Waals surface area contributed by atoms with Gasteiger partial charge >= 0.3 is 5.97 Å². The van der Waals surface area contributed by atoms with E-state index in [-0.39, 0.29) is 11.8 Å². The Morgan fingerprint density at radius 1 is 1.30 bits per heavy atom. The third-order valence-electron chi connectivity index (χ3n) is 5.58. The average molecular weight is 372 g/mol. The van der Waals surface area contributed by atoms with Gasteiger partial charge in [0.15, 0.2) is 0 Å². The first-order chi connectivity index (χ1) is 13.1. The number of esters is 1. The number of nitrogens with zero attached hydrogens (tertiary/aromatic N) is 1. The van der Waals surface area contributed by atoms with Crippen molar-refractivity contribution in [1.82, 2.24) is 10.2 Å². The van der Waals surface area contributed by atoms with Gasteiger partial charge in [0.1, 0.15) is 6.04 Å². The van der Waals surface area contributed by atoms with Crippen LogP contribution < -0.4 is 5.32 Å². The number of fused-ring (bicyclic) bond motifs is 1. The summed E-state index contributed by atoms with van der Waals surface area (Å²) in [5.41, 5.74) is 1.12. The number of nitrogens with one attached hydrogen (secondary N) is 1. The molecule has 2 aliphatic heterocycles. The molecule has 3 unspecified atom stereocenters. The Balaban J connectivity index is 1.70. The summed E-state index contributed by atoms with van der Waals surface area (Å²) >= 11 is 0. The summed E-state index contributed by atoms with van der Waals surface area (Å²) in [4.78, 5) is 38.8. The van der Waals surface area contributed by atoms with Gasteiger partial charge in [0.25, 0.3) is 0 Å². The standard InChI is InChI=1S/C21H28N2O4/c1-3-5-8-14(4-2)13-22-19(25)17-11-12-18(24)23(17)20-15-9-6-7-10-16(15)21(26)27-20/h6-7,9-10,14,17,20H,3-5,8,11-13H2,1-2H3,(H,22,25). The number of carbonyl (C=O) groups is 3. The lowest BCUT2D eigenvalue weighted by Crippen LogP contribution is -2.47. The Hall–Kier alpha value is -2.37. The average Bonchev–Trinajstić information content (AvgIpc) is 3.22. The number of hydrogen-bond donors (Lipinski definition) is 1. The van der Waals surface area contributed by atoms with E-state index in [9.17, 15) is 14.4 Å². The molecule has 1 aromatic rings. The van der Waals surface area contributed by atoms with Crippen molar-refractivity contribution in [2.75, 3.05) is 6.54 Å². The Morgan fingerprint density at radius 2 is 2.07 bits per heavy atom. The highest BCUT2D eigenvalue weighted by Crippen LogP contribution is 2.38. The molecular weight excluding hydrogens is 344 g/mol. The van der Waals surface area contributed by atoms with Crippen LogP contribution in [-0.2, 0) is 14.3 Å². The molecule has 0 saturated carbocycles. The largest absolute Gasteiger partial charge is 0.433 e. The Kier molecular flexibility index (Phi) is 6.14. The van der Waals surface area contributed by atoms with Crippen molar-refractivity contribution in [3.8, 4) is 0 Å². The van der Waals surface area contributed by atoms with E-state index in [1.165, 1.54) is 4.90 Å². The highest BCUT2D eigenvalue weighted by Gasteiger charge is 2.46. The number of hydrogen-bond acceptors (Lipinski definition) is 4. The predicted octanol–water partition coefficient (Wildman–Crippen LogP) is 3.18. The molecule has 1 fully saturated rings. The van der Waals surface area contributed by atoms with Gasteiger partial charge in [-0.05, 0) is 24.8 Å². The van der Waals surface area contributed by atoms with Crippen LogP contribution >= 0.6 is 0 Å². The van der Waals surface area contributed by atoms with Crippen LogP contribution in [0.1, 0.15) is 74.5 Å². The van der Waals surface area contributed by atoms with Crippen LogP contribution in [0.15, 0.2) is 24.3 Å². The van der Waals surface area contributed by atoms with Gasteiger partial charge in [-0.25, -0.2) is 4.79 Å². The summed E-state index contributed by atoms with van der Waals surface area (Å²) < 4.78 is 5.45. The first-order valence-corrected chi connectivity index (χ1v) is 9.95. The summed E-state index contributed by atoms with van der Waals surface area (Å²) in [5.74, 6) is -0.302. The molecule has 1 aromatic carbocycles. The third-order valence-corrected chi connectivity index (χ3v) is 5.58. The van der Waals surface area contributed by atoms with E-state index in [0.29, 0.717) is 36.4 Å². The summed E-state index contributed by atoms with van der Waals surface area (Å²) in [6.07, 6.45) is 4.34. The van der Waals surface area contributed by atoms with Crippen molar-refractivity contribution in [1.29, 1.82) is 0 Å². The molecule has 0 radical (unpaired) electrons. The van der Waals surface area contributed by atoms with Crippen molar-refractivity contribution in [2.45, 2.75) is 64.6 Å². The van der Waals surface area contributed by atoms with E-state index in [1.54, 1.807) is 18.2 Å². The van der Waals surface area contributed by atoms with E-state index in [2.05, 4.69) is 19.2 Å². The van der Waals surface area contributed by atoms with Gasteiger partial charge in [0.2, 0.25) is 18.0 Å². The molecule has 2 amide bonds. The molecule has 0 aromatic heterocycles. The van der Waals surface area contributed by atoms with Crippen molar-refractivity contribution >= 4 is 17.8 Å². The number of carbonyl (C=O) groups excluding carboxylic acids is 3. The van der Waals surface area contributed by atoms with E-state index >= 15 is 0 Å². The minimum Gasteiger partial charge on any atom is -0.433 e. The Labute approximate surface area is 160 Å². The second-order valence-corrected chi connectivity index (χ2v) is 7.36. The molecule has 1 N–H and O–H groups in total. The van der Waals surface area contributed by atoms with Gasteiger partial charge < -0.3 is 10.1 Å². The molecule has 2 heterocycles. The van der Waals surface area contributed by atoms with Crippen molar-refractivity contribution in [2.24, 2.45) is 5.92 Å². The van der Waals surface area contributed by atoms with Crippen LogP contribution in [-0.4, -0.2) is 35.3 Å². The number of likely N-dealkylation sites (tertiary alicyclic amines) is 1. The smallest absolute Gasteiger partial charge is 0.340 e. The van der Waals surface area contributed by atoms with E-state index < -0.39 is 18.2 Å². The van der Waals surface area contributed by atoms with Gasteiger partial charge in [0, 0.05) is 18.5 Å². The highest BCUT2D eigenvalue weighted by molar-refractivity contribution is 5.96. The fraction of sp³-hybridized carbons (Fsp3) is 0.571. The summed E-state index contributed by atoms with van der Waals surface area (Å²) in [5, 5.41) is 3.02. The van der Waals surface area contributed by atoms with E-state index in [1.807, 2.05) is 6.07 Å². The molecule has 3 atom stereocenters. The Morgan fingerprint density at radius 3 is 2.81 bits per heavy atom. The van der Waals surface area contributed by atoms with Crippen molar-refractivity contribution in [3.63, 3.8) is 0 Å². The molecule has 146 valence electrons. The minimum atomic E-state index is -0.804. The quantitative estimate of drug-likeness (QED) is 0.711. The zero-order valence-electron chi connectivity index (χ0n) is 16.1. The first-order valence-electron chi connectivity index (χ1n) is 9.95. The normalized spacial score (nSPS) is 22.5. The van der Waals surface area contributed by atoms with Crippen molar-refractivity contribution in [3.05, 3.63) is 35.4 Å². The van der Waals surface area contributed by atoms with Gasteiger partial charge in [-0.15, -0.1) is 0 Å². The maximum atomic E-state index is 12.8. The number of amides is 2. The van der Waals surface area contributed by atoms with Gasteiger partial charge in [-0.1, -0.05) is 51.3 Å². The molecule has 0 spiro atoms. The molecule has 6 heteroatoms. The molecule has 0 bridgehead atoms. The molecular formula is C21H28N2O4. The zero-order chi connectivity index (χ0) is 19.4. The topological polar surface area (TPSA) is 75.7 Å². The maximum absolute atomic E-state index is 12.8. The summed E-state index contributed by atoms with van der Waals surface area (Å²) in [6.45, 7) is 4.91. The second kappa shape index (κ2) is 8.55. The zero-order valence-corrected chi connectivity index (χ0v) is 16.1. The lowest BCUT2D eigenvalue weighted by Gasteiger charge is -2.29. The van der Waals surface area contributed by atoms with E-state index in [0.717, 1.165) is 25.7 Å². The number of rotatable bonds is 8.